The van der Waals surface area contributed by atoms with Crippen molar-refractivity contribution in [3.05, 3.63) is 35.0 Å². The van der Waals surface area contributed by atoms with Gasteiger partial charge in [-0.05, 0) is 31.2 Å². The molecular formula is C13H12ClNO3. The third kappa shape index (κ3) is 2.11. The molecule has 1 N–H and O–H groups in total. The molecule has 1 aromatic carbocycles. The van der Waals surface area contributed by atoms with Crippen LogP contribution in [0.4, 0.5) is 0 Å². The summed E-state index contributed by atoms with van der Waals surface area (Å²) in [6, 6.07) is 6.90. The Morgan fingerprint density at radius 1 is 1.39 bits per heavy atom. The van der Waals surface area contributed by atoms with Crippen LogP contribution in [-0.2, 0) is 4.79 Å². The maximum Gasteiger partial charge on any atom is 0.312 e. The van der Waals surface area contributed by atoms with E-state index in [1.807, 2.05) is 0 Å². The fraction of sp³-hybridized carbons (Fsp3) is 0.231. The van der Waals surface area contributed by atoms with Crippen molar-refractivity contribution in [2.75, 3.05) is 7.11 Å². The number of aromatic nitrogens is 1. The van der Waals surface area contributed by atoms with Gasteiger partial charge in [0.15, 0.2) is 0 Å². The Morgan fingerprint density at radius 2 is 2.11 bits per heavy atom. The summed E-state index contributed by atoms with van der Waals surface area (Å²) in [5.41, 5.74) is 1.03. The van der Waals surface area contributed by atoms with Gasteiger partial charge >= 0.3 is 5.97 Å². The van der Waals surface area contributed by atoms with Gasteiger partial charge in [-0.2, -0.15) is 0 Å². The highest BCUT2D eigenvalue weighted by Crippen LogP contribution is 2.31. The first-order valence-electron chi connectivity index (χ1n) is 5.40. The summed E-state index contributed by atoms with van der Waals surface area (Å²) in [6.07, 6.45) is 0. The number of aliphatic carboxylic acids is 1. The first-order valence-corrected chi connectivity index (χ1v) is 5.78. The van der Waals surface area contributed by atoms with E-state index in [1.165, 1.54) is 0 Å². The summed E-state index contributed by atoms with van der Waals surface area (Å²) in [6.45, 7) is 1.59. The fourth-order valence-electron chi connectivity index (χ4n) is 1.72. The average molecular weight is 266 g/mol. The van der Waals surface area contributed by atoms with E-state index in [0.29, 0.717) is 22.0 Å². The molecule has 5 heteroatoms. The van der Waals surface area contributed by atoms with Gasteiger partial charge in [0.25, 0.3) is 0 Å². The normalized spacial score (nSPS) is 12.4. The van der Waals surface area contributed by atoms with Crippen LogP contribution in [0.15, 0.2) is 24.3 Å². The minimum absolute atomic E-state index is 0.477. The van der Waals surface area contributed by atoms with Gasteiger partial charge < -0.3 is 9.84 Å². The summed E-state index contributed by atoms with van der Waals surface area (Å²) in [5, 5.41) is 10.2. The lowest BCUT2D eigenvalue weighted by atomic mass is 10.1. The zero-order valence-corrected chi connectivity index (χ0v) is 10.7. The second-order valence-electron chi connectivity index (χ2n) is 3.94. The quantitative estimate of drug-likeness (QED) is 0.926. The number of nitrogens with zero attached hydrogens (tertiary/aromatic N) is 1. The molecule has 1 atom stereocenters. The van der Waals surface area contributed by atoms with Gasteiger partial charge in [-0.3, -0.25) is 9.78 Å². The number of halogens is 1. The van der Waals surface area contributed by atoms with Gasteiger partial charge in [0.05, 0.1) is 29.3 Å². The van der Waals surface area contributed by atoms with Gasteiger partial charge in [0.2, 0.25) is 0 Å². The summed E-state index contributed by atoms with van der Waals surface area (Å²) in [7, 11) is 1.57. The predicted octanol–water partition coefficient (Wildman–Crippen LogP) is 3.08. The second-order valence-corrected chi connectivity index (χ2v) is 4.35. The Kier molecular flexibility index (Phi) is 3.39. The van der Waals surface area contributed by atoms with Crippen LogP contribution in [0.2, 0.25) is 5.02 Å². The van der Waals surface area contributed by atoms with Crippen molar-refractivity contribution in [3.8, 4) is 5.75 Å². The Morgan fingerprint density at radius 3 is 2.72 bits per heavy atom. The van der Waals surface area contributed by atoms with E-state index in [9.17, 15) is 4.79 Å². The van der Waals surface area contributed by atoms with Crippen LogP contribution in [0.5, 0.6) is 5.75 Å². The Labute approximate surface area is 109 Å². The molecule has 0 spiro atoms. The first-order chi connectivity index (χ1) is 8.54. The number of fused-ring (bicyclic) bond motifs is 1. The van der Waals surface area contributed by atoms with Gasteiger partial charge in [-0.25, -0.2) is 0 Å². The van der Waals surface area contributed by atoms with Crippen LogP contribution in [0.3, 0.4) is 0 Å². The zero-order chi connectivity index (χ0) is 13.3. The molecule has 18 heavy (non-hydrogen) atoms. The van der Waals surface area contributed by atoms with E-state index in [2.05, 4.69) is 4.98 Å². The van der Waals surface area contributed by atoms with Gasteiger partial charge in [-0.1, -0.05) is 11.6 Å². The van der Waals surface area contributed by atoms with Crippen LogP contribution < -0.4 is 4.74 Å². The number of hydrogen-bond acceptors (Lipinski definition) is 3. The number of carboxylic acids is 1. The van der Waals surface area contributed by atoms with Crippen molar-refractivity contribution in [1.29, 1.82) is 0 Å². The minimum atomic E-state index is -0.916. The molecule has 2 rings (SSSR count). The van der Waals surface area contributed by atoms with E-state index >= 15 is 0 Å². The maximum absolute atomic E-state index is 10.9. The molecular weight excluding hydrogens is 254 g/mol. The van der Waals surface area contributed by atoms with Gasteiger partial charge in [-0.15, -0.1) is 0 Å². The van der Waals surface area contributed by atoms with Crippen molar-refractivity contribution in [3.63, 3.8) is 0 Å². The molecule has 0 bridgehead atoms. The van der Waals surface area contributed by atoms with Crippen molar-refractivity contribution >= 4 is 28.5 Å². The lowest BCUT2D eigenvalue weighted by Crippen LogP contribution is -2.09. The number of benzene rings is 1. The molecule has 94 valence electrons. The summed E-state index contributed by atoms with van der Waals surface area (Å²) < 4.78 is 5.22. The monoisotopic (exact) mass is 265 g/mol. The van der Waals surface area contributed by atoms with Crippen LogP contribution in [0, 0.1) is 0 Å². The predicted molar refractivity (Wildman–Crippen MR) is 69.4 cm³/mol. The number of rotatable bonds is 3. The van der Waals surface area contributed by atoms with Crippen molar-refractivity contribution in [2.45, 2.75) is 12.8 Å². The standard InChI is InChI=1S/C13H12ClNO3/c1-7(13(16)17)10-5-3-8-11(18-2)6-4-9(14)12(8)15-10/h3-7H,1-2H3,(H,16,17). The third-order valence-electron chi connectivity index (χ3n) is 2.82. The highest BCUT2D eigenvalue weighted by molar-refractivity contribution is 6.35. The minimum Gasteiger partial charge on any atom is -0.496 e. The number of pyridine rings is 1. The highest BCUT2D eigenvalue weighted by atomic mass is 35.5. The van der Waals surface area contributed by atoms with E-state index < -0.39 is 11.9 Å². The molecule has 0 saturated carbocycles. The van der Waals surface area contributed by atoms with Crippen molar-refractivity contribution in [1.82, 2.24) is 4.98 Å². The van der Waals surface area contributed by atoms with E-state index in [0.717, 1.165) is 5.39 Å². The van der Waals surface area contributed by atoms with Crippen LogP contribution in [0.25, 0.3) is 10.9 Å². The molecule has 1 heterocycles. The molecule has 0 aliphatic carbocycles. The summed E-state index contributed by atoms with van der Waals surface area (Å²) in [5.74, 6) is -0.922. The third-order valence-corrected chi connectivity index (χ3v) is 3.13. The lowest BCUT2D eigenvalue weighted by Gasteiger charge is -2.10. The van der Waals surface area contributed by atoms with Crippen LogP contribution >= 0.6 is 11.6 Å². The number of methoxy groups -OCH3 is 1. The second kappa shape index (κ2) is 4.82. The van der Waals surface area contributed by atoms with E-state index in [4.69, 9.17) is 21.4 Å². The van der Waals surface area contributed by atoms with Gasteiger partial charge in [0, 0.05) is 5.39 Å². The van der Waals surface area contributed by atoms with Crippen LogP contribution in [-0.4, -0.2) is 23.2 Å². The van der Waals surface area contributed by atoms with Crippen molar-refractivity contribution in [2.24, 2.45) is 0 Å². The van der Waals surface area contributed by atoms with Crippen molar-refractivity contribution < 1.29 is 14.6 Å². The van der Waals surface area contributed by atoms with Gasteiger partial charge in [0.1, 0.15) is 5.75 Å². The fourth-order valence-corrected chi connectivity index (χ4v) is 1.93. The molecule has 1 aromatic heterocycles. The smallest absolute Gasteiger partial charge is 0.312 e. The molecule has 1 unspecified atom stereocenters. The molecule has 0 aliphatic heterocycles. The van der Waals surface area contributed by atoms with E-state index in [-0.39, 0.29) is 0 Å². The molecule has 0 amide bonds. The molecule has 0 saturated heterocycles. The number of carboxylic acid groups (broad SMARTS) is 1. The number of carbonyl (C=O) groups is 1. The Balaban J connectivity index is 2.64. The Bertz CT molecular complexity index is 612. The SMILES string of the molecule is COc1ccc(Cl)c2nc(C(C)C(=O)O)ccc12. The molecule has 4 nitrogen and oxygen atoms in total. The summed E-state index contributed by atoms with van der Waals surface area (Å²) >= 11 is 6.08. The molecule has 2 aromatic rings. The summed E-state index contributed by atoms with van der Waals surface area (Å²) in [4.78, 5) is 15.3. The first kappa shape index (κ1) is 12.6. The molecule has 0 fully saturated rings. The Hall–Kier alpha value is -1.81. The maximum atomic E-state index is 10.9. The highest BCUT2D eigenvalue weighted by Gasteiger charge is 2.17. The molecule has 0 aliphatic rings. The number of hydrogen-bond donors (Lipinski definition) is 1. The largest absolute Gasteiger partial charge is 0.496 e. The zero-order valence-electron chi connectivity index (χ0n) is 9.98. The topological polar surface area (TPSA) is 59.4 Å². The van der Waals surface area contributed by atoms with E-state index in [1.54, 1.807) is 38.3 Å². The van der Waals surface area contributed by atoms with Crippen LogP contribution in [0.1, 0.15) is 18.5 Å². The molecule has 0 radical (unpaired) electrons. The average Bonchev–Trinajstić information content (AvgIpc) is 2.38. The lowest BCUT2D eigenvalue weighted by molar-refractivity contribution is -0.138. The number of ether oxygens (including phenoxy) is 1.